The number of nitrogens with one attached hydrogen (secondary N) is 3. The van der Waals surface area contributed by atoms with E-state index in [0.29, 0.717) is 34.9 Å². The van der Waals surface area contributed by atoms with Gasteiger partial charge in [0.2, 0.25) is 0 Å². The molecule has 0 bridgehead atoms. The van der Waals surface area contributed by atoms with E-state index in [4.69, 9.17) is 19.4 Å². The van der Waals surface area contributed by atoms with Crippen molar-refractivity contribution in [2.24, 2.45) is 0 Å². The summed E-state index contributed by atoms with van der Waals surface area (Å²) >= 11 is 0. The number of aliphatic hydroxyl groups excluding tert-OH is 2. The summed E-state index contributed by atoms with van der Waals surface area (Å²) in [6.45, 7) is 3.41. The van der Waals surface area contributed by atoms with Crippen LogP contribution in [0.1, 0.15) is 52.7 Å². The van der Waals surface area contributed by atoms with Gasteiger partial charge >= 0.3 is 0 Å². The number of amides is 1. The molecule has 7 N–H and O–H groups in total. The molecule has 0 unspecified atom stereocenters. The molecule has 2 atom stereocenters. The van der Waals surface area contributed by atoms with Gasteiger partial charge in [0.05, 0.1) is 39.0 Å². The highest BCUT2D eigenvalue weighted by Gasteiger charge is 2.15. The molecule has 0 saturated carbocycles. The number of methoxy groups -OCH3 is 2. The van der Waals surface area contributed by atoms with Gasteiger partial charge < -0.3 is 45.5 Å². The topological polar surface area (TPSA) is 173 Å². The molecule has 4 rings (SSSR count). The number of carboxylic acid groups (broad SMARTS) is 1. The molecule has 0 spiro atoms. The molecule has 0 fully saturated rings. The first kappa shape index (κ1) is 32.9. The van der Waals surface area contributed by atoms with E-state index < -0.39 is 12.1 Å². The Labute approximate surface area is 250 Å². The van der Waals surface area contributed by atoms with E-state index in [2.05, 4.69) is 15.6 Å². The van der Waals surface area contributed by atoms with Crippen LogP contribution in [-0.4, -0.2) is 64.1 Å². The number of benzene rings is 3. The molecule has 43 heavy (non-hydrogen) atoms. The number of ether oxygens (including phenoxy) is 2. The van der Waals surface area contributed by atoms with Crippen LogP contribution in [-0.2, 0) is 24.4 Å². The number of carbonyl (C=O) groups is 2. The van der Waals surface area contributed by atoms with Crippen LogP contribution in [0.2, 0.25) is 0 Å². The second-order valence-electron chi connectivity index (χ2n) is 10.0. The van der Waals surface area contributed by atoms with Crippen molar-refractivity contribution >= 4 is 22.8 Å². The number of aliphatic carboxylic acids is 1. The monoisotopic (exact) mass is 593 g/mol. The standard InChI is InChI=1S/C30H35N3O6.C2H4O2/c1-18(31-16-27(36)20-8-10-26(35)22(13-20)17-34)11-19-7-9-24-21(12-19)14-25(33-24)30(37)32-15-23-28(38-2)5-4-6-29(23)39-3;1-2(3)4/h4-10,12-14,18,27,31,33-36H,11,15-17H2,1-3H3,(H,32,37);1H3,(H,3,4)/t18-,27+;/m1./s1. The van der Waals surface area contributed by atoms with Gasteiger partial charge in [-0.3, -0.25) is 9.59 Å². The van der Waals surface area contributed by atoms with Gasteiger partial charge in [-0.2, -0.15) is 0 Å². The van der Waals surface area contributed by atoms with Gasteiger partial charge in [-0.1, -0.05) is 18.2 Å². The minimum Gasteiger partial charge on any atom is -0.508 e. The van der Waals surface area contributed by atoms with Gasteiger partial charge in [0.25, 0.3) is 11.9 Å². The highest BCUT2D eigenvalue weighted by Crippen LogP contribution is 2.28. The van der Waals surface area contributed by atoms with E-state index in [1.165, 1.54) is 6.07 Å². The zero-order valence-corrected chi connectivity index (χ0v) is 24.7. The number of carbonyl (C=O) groups excluding carboxylic acids is 1. The number of hydrogen-bond donors (Lipinski definition) is 7. The fourth-order valence-corrected chi connectivity index (χ4v) is 4.59. The second kappa shape index (κ2) is 15.6. The number of hydrogen-bond acceptors (Lipinski definition) is 8. The van der Waals surface area contributed by atoms with Crippen molar-refractivity contribution in [1.29, 1.82) is 0 Å². The first-order chi connectivity index (χ1) is 20.6. The van der Waals surface area contributed by atoms with Crippen LogP contribution < -0.4 is 20.1 Å². The van der Waals surface area contributed by atoms with Crippen molar-refractivity contribution in [1.82, 2.24) is 15.6 Å². The Kier molecular flexibility index (Phi) is 11.9. The van der Waals surface area contributed by atoms with Crippen molar-refractivity contribution in [3.05, 3.63) is 88.6 Å². The summed E-state index contributed by atoms with van der Waals surface area (Å²) in [6.07, 6.45) is -0.0529. The molecule has 0 saturated heterocycles. The first-order valence-corrected chi connectivity index (χ1v) is 13.7. The lowest BCUT2D eigenvalue weighted by atomic mass is 10.0. The average Bonchev–Trinajstić information content (AvgIpc) is 3.42. The summed E-state index contributed by atoms with van der Waals surface area (Å²) in [5.41, 5.74) is 4.18. The number of rotatable bonds is 12. The smallest absolute Gasteiger partial charge is 0.300 e. The van der Waals surface area contributed by atoms with E-state index >= 15 is 0 Å². The van der Waals surface area contributed by atoms with Crippen molar-refractivity contribution < 1.29 is 39.5 Å². The lowest BCUT2D eigenvalue weighted by Crippen LogP contribution is -2.32. The van der Waals surface area contributed by atoms with Crippen LogP contribution in [0.25, 0.3) is 10.9 Å². The Morgan fingerprint density at radius 2 is 1.67 bits per heavy atom. The van der Waals surface area contributed by atoms with Gasteiger partial charge in [-0.15, -0.1) is 0 Å². The average molecular weight is 594 g/mol. The number of aromatic nitrogens is 1. The Balaban J connectivity index is 0.00000119. The summed E-state index contributed by atoms with van der Waals surface area (Å²) in [5.74, 6) is 0.226. The number of aromatic amines is 1. The van der Waals surface area contributed by atoms with Crippen LogP contribution in [0, 0.1) is 0 Å². The van der Waals surface area contributed by atoms with Crippen LogP contribution in [0.4, 0.5) is 0 Å². The number of H-pyrrole nitrogens is 1. The molecule has 0 radical (unpaired) electrons. The normalized spacial score (nSPS) is 12.1. The molecule has 230 valence electrons. The zero-order chi connectivity index (χ0) is 31.5. The molecule has 1 amide bonds. The van der Waals surface area contributed by atoms with E-state index in [0.717, 1.165) is 35.4 Å². The third-order valence-electron chi connectivity index (χ3n) is 6.75. The highest BCUT2D eigenvalue weighted by atomic mass is 16.5. The molecule has 0 aliphatic heterocycles. The Morgan fingerprint density at radius 1 is 1.00 bits per heavy atom. The molecule has 4 aromatic rings. The third kappa shape index (κ3) is 9.20. The van der Waals surface area contributed by atoms with Crippen molar-refractivity contribution in [3.63, 3.8) is 0 Å². The lowest BCUT2D eigenvalue weighted by Gasteiger charge is -2.18. The molecule has 3 aromatic carbocycles. The fourth-order valence-electron chi connectivity index (χ4n) is 4.59. The van der Waals surface area contributed by atoms with Crippen molar-refractivity contribution in [2.45, 2.75) is 45.6 Å². The SMILES string of the molecule is CC(=O)O.COc1cccc(OC)c1CNC(=O)c1cc2cc(C[C@@H](C)NC[C@H](O)c3ccc(O)c(CO)c3)ccc2[nH]1. The molecular weight excluding hydrogens is 554 g/mol. The van der Waals surface area contributed by atoms with Gasteiger partial charge in [0.15, 0.2) is 0 Å². The highest BCUT2D eigenvalue weighted by molar-refractivity contribution is 5.98. The molecule has 0 aliphatic rings. The predicted octanol–water partition coefficient (Wildman–Crippen LogP) is 3.66. The number of fused-ring (bicyclic) bond motifs is 1. The number of carboxylic acids is 1. The largest absolute Gasteiger partial charge is 0.508 e. The minimum absolute atomic E-state index is 0.00669. The molecule has 0 aliphatic carbocycles. The van der Waals surface area contributed by atoms with Crippen LogP contribution in [0.15, 0.2) is 60.7 Å². The molecule has 11 nitrogen and oxygen atoms in total. The first-order valence-electron chi connectivity index (χ1n) is 13.7. The maximum atomic E-state index is 12.9. The van der Waals surface area contributed by atoms with Gasteiger partial charge in [0, 0.05) is 36.0 Å². The third-order valence-corrected chi connectivity index (χ3v) is 6.75. The van der Waals surface area contributed by atoms with Gasteiger partial charge in [-0.05, 0) is 66.9 Å². The summed E-state index contributed by atoms with van der Waals surface area (Å²) in [5, 5.41) is 44.2. The Bertz CT molecular complexity index is 1510. The van der Waals surface area contributed by atoms with E-state index in [1.807, 2.05) is 49.4 Å². The molecule has 1 heterocycles. The summed E-state index contributed by atoms with van der Waals surface area (Å²) in [7, 11) is 3.16. The summed E-state index contributed by atoms with van der Waals surface area (Å²) in [4.78, 5) is 25.1. The predicted molar refractivity (Wildman–Crippen MR) is 162 cm³/mol. The van der Waals surface area contributed by atoms with Crippen LogP contribution in [0.3, 0.4) is 0 Å². The maximum absolute atomic E-state index is 12.9. The van der Waals surface area contributed by atoms with E-state index in [1.54, 1.807) is 26.4 Å². The number of aromatic hydroxyl groups is 1. The van der Waals surface area contributed by atoms with Crippen LogP contribution in [0.5, 0.6) is 17.2 Å². The summed E-state index contributed by atoms with van der Waals surface area (Å²) < 4.78 is 10.8. The van der Waals surface area contributed by atoms with Crippen molar-refractivity contribution in [3.8, 4) is 17.2 Å². The van der Waals surface area contributed by atoms with Gasteiger partial charge in [0.1, 0.15) is 22.9 Å². The fraction of sp³-hybridized carbons (Fsp3) is 0.312. The zero-order valence-electron chi connectivity index (χ0n) is 24.7. The minimum atomic E-state index is -0.833. The Morgan fingerprint density at radius 3 is 2.30 bits per heavy atom. The second-order valence-corrected chi connectivity index (χ2v) is 10.0. The molecular formula is C32H39N3O8. The van der Waals surface area contributed by atoms with Gasteiger partial charge in [-0.25, -0.2) is 0 Å². The lowest BCUT2D eigenvalue weighted by molar-refractivity contribution is -0.134. The molecule has 1 aromatic heterocycles. The van der Waals surface area contributed by atoms with E-state index in [-0.39, 0.29) is 30.9 Å². The molecule has 11 heteroatoms. The van der Waals surface area contributed by atoms with Crippen molar-refractivity contribution in [2.75, 3.05) is 20.8 Å². The Hall–Kier alpha value is -4.58. The number of aliphatic hydroxyl groups is 2. The summed E-state index contributed by atoms with van der Waals surface area (Å²) in [6, 6.07) is 18.1. The van der Waals surface area contributed by atoms with Crippen LogP contribution >= 0.6 is 0 Å². The maximum Gasteiger partial charge on any atom is 0.300 e. The quantitative estimate of drug-likeness (QED) is 0.129. The van der Waals surface area contributed by atoms with E-state index in [9.17, 15) is 20.1 Å². The number of phenols is 1.